The van der Waals surface area contributed by atoms with Crippen LogP contribution in [0.5, 0.6) is 0 Å². The van der Waals surface area contributed by atoms with E-state index in [9.17, 15) is 9.50 Å². The van der Waals surface area contributed by atoms with Crippen molar-refractivity contribution in [3.8, 4) is 0 Å². The van der Waals surface area contributed by atoms with Gasteiger partial charge in [0.1, 0.15) is 5.82 Å². The number of aliphatic hydroxyl groups excluding tert-OH is 1. The quantitative estimate of drug-likeness (QED) is 0.811. The maximum atomic E-state index is 13.3. The Morgan fingerprint density at radius 3 is 2.44 bits per heavy atom. The monoisotopic (exact) mass is 251 g/mol. The molecule has 2 rings (SSSR count). The molecule has 1 unspecified atom stereocenters. The summed E-state index contributed by atoms with van der Waals surface area (Å²) in [6, 6.07) is 6.26. The van der Waals surface area contributed by atoms with Crippen molar-refractivity contribution in [2.75, 3.05) is 6.54 Å². The van der Waals surface area contributed by atoms with Crippen molar-refractivity contribution in [3.63, 3.8) is 0 Å². The molecule has 0 radical (unpaired) electrons. The number of benzene rings is 1. The average molecular weight is 251 g/mol. The fourth-order valence-electron chi connectivity index (χ4n) is 3.05. The summed E-state index contributed by atoms with van der Waals surface area (Å²) in [6.07, 6.45) is 5.82. The Morgan fingerprint density at radius 2 is 1.89 bits per heavy atom. The van der Waals surface area contributed by atoms with Crippen LogP contribution in [0.25, 0.3) is 0 Å². The minimum absolute atomic E-state index is 0.274. The molecular weight excluding hydrogens is 229 g/mol. The van der Waals surface area contributed by atoms with Gasteiger partial charge in [-0.15, -0.1) is 0 Å². The topological polar surface area (TPSA) is 46.2 Å². The van der Waals surface area contributed by atoms with Crippen LogP contribution in [0, 0.1) is 11.2 Å². The average Bonchev–Trinajstić information content (AvgIpc) is 2.64. The van der Waals surface area contributed by atoms with E-state index in [2.05, 4.69) is 0 Å². The van der Waals surface area contributed by atoms with Gasteiger partial charge in [0.05, 0.1) is 6.10 Å². The van der Waals surface area contributed by atoms with E-state index >= 15 is 0 Å². The first kappa shape index (κ1) is 13.5. The van der Waals surface area contributed by atoms with Gasteiger partial charge in [-0.25, -0.2) is 4.39 Å². The van der Waals surface area contributed by atoms with Crippen LogP contribution < -0.4 is 5.73 Å². The van der Waals surface area contributed by atoms with E-state index in [1.165, 1.54) is 25.0 Å². The van der Waals surface area contributed by atoms with E-state index in [1.807, 2.05) is 0 Å². The molecule has 0 aromatic heterocycles. The molecular formula is C15H22FNO. The molecule has 1 aliphatic rings. The van der Waals surface area contributed by atoms with Crippen LogP contribution in [0.15, 0.2) is 24.3 Å². The Morgan fingerprint density at radius 1 is 1.22 bits per heavy atom. The molecule has 1 aromatic carbocycles. The van der Waals surface area contributed by atoms with Crippen molar-refractivity contribution >= 4 is 0 Å². The van der Waals surface area contributed by atoms with Crippen LogP contribution in [-0.2, 0) is 0 Å². The van der Waals surface area contributed by atoms with Crippen molar-refractivity contribution in [1.29, 1.82) is 0 Å². The second-order valence-electron chi connectivity index (χ2n) is 5.44. The largest absolute Gasteiger partial charge is 0.388 e. The molecule has 1 saturated carbocycles. The van der Waals surface area contributed by atoms with Crippen LogP contribution in [0.3, 0.4) is 0 Å². The molecule has 1 fully saturated rings. The third-order valence-electron chi connectivity index (χ3n) is 4.25. The highest BCUT2D eigenvalue weighted by atomic mass is 19.1. The third-order valence-corrected chi connectivity index (χ3v) is 4.25. The van der Waals surface area contributed by atoms with Crippen LogP contribution >= 0.6 is 0 Å². The molecule has 1 aliphatic carbocycles. The highest BCUT2D eigenvalue weighted by Gasteiger charge is 2.37. The lowest BCUT2D eigenvalue weighted by molar-refractivity contribution is 0.0164. The summed E-state index contributed by atoms with van der Waals surface area (Å²) < 4.78 is 13.3. The van der Waals surface area contributed by atoms with Gasteiger partial charge in [-0.05, 0) is 30.5 Å². The summed E-state index contributed by atoms with van der Waals surface area (Å²) in [6.45, 7) is 0.463. The third kappa shape index (κ3) is 2.73. The van der Waals surface area contributed by atoms with Crippen LogP contribution in [0.4, 0.5) is 4.39 Å². The van der Waals surface area contributed by atoms with Crippen molar-refractivity contribution < 1.29 is 9.50 Å². The summed E-state index contributed by atoms with van der Waals surface area (Å²) in [5.74, 6) is -0.299. The molecule has 1 atom stereocenters. The minimum Gasteiger partial charge on any atom is -0.388 e. The predicted octanol–water partition coefficient (Wildman–Crippen LogP) is 3.16. The van der Waals surface area contributed by atoms with Crippen LogP contribution in [0.2, 0.25) is 0 Å². The van der Waals surface area contributed by atoms with Gasteiger partial charge in [-0.2, -0.15) is 0 Å². The molecule has 0 bridgehead atoms. The molecule has 3 heteroatoms. The van der Waals surface area contributed by atoms with Gasteiger partial charge in [0.15, 0.2) is 0 Å². The summed E-state index contributed by atoms with van der Waals surface area (Å²) in [7, 11) is 0. The highest BCUT2D eigenvalue weighted by Crippen LogP contribution is 2.44. The first-order chi connectivity index (χ1) is 8.68. The Bertz CT molecular complexity index is 386. The van der Waals surface area contributed by atoms with Crippen molar-refractivity contribution in [1.82, 2.24) is 0 Å². The molecule has 0 saturated heterocycles. The van der Waals surface area contributed by atoms with Gasteiger partial charge >= 0.3 is 0 Å². The lowest BCUT2D eigenvalue weighted by Crippen LogP contribution is -2.36. The van der Waals surface area contributed by atoms with E-state index in [0.717, 1.165) is 25.7 Å². The number of nitrogens with two attached hydrogens (primary N) is 1. The van der Waals surface area contributed by atoms with Gasteiger partial charge in [-0.3, -0.25) is 0 Å². The van der Waals surface area contributed by atoms with Crippen molar-refractivity contribution in [3.05, 3.63) is 35.6 Å². The normalized spacial score (nSPS) is 21.3. The second kappa shape index (κ2) is 5.81. The molecule has 18 heavy (non-hydrogen) atoms. The summed E-state index contributed by atoms with van der Waals surface area (Å²) in [5.41, 5.74) is 6.31. The lowest BCUT2D eigenvalue weighted by Gasteiger charge is -2.36. The van der Waals surface area contributed by atoms with Crippen LogP contribution in [0.1, 0.15) is 50.2 Å². The fraction of sp³-hybridized carbons (Fsp3) is 0.600. The Labute approximate surface area is 108 Å². The molecule has 0 spiro atoms. The first-order valence-electron chi connectivity index (χ1n) is 6.81. The first-order valence-corrected chi connectivity index (χ1v) is 6.81. The maximum Gasteiger partial charge on any atom is 0.123 e. The smallest absolute Gasteiger partial charge is 0.123 e. The molecule has 0 aliphatic heterocycles. The maximum absolute atomic E-state index is 13.3. The summed E-state index contributed by atoms with van der Waals surface area (Å²) >= 11 is 0. The number of hydrogen-bond donors (Lipinski definition) is 2. The molecule has 0 amide bonds. The number of aliphatic hydroxyl groups is 1. The number of halogens is 1. The number of rotatable bonds is 3. The SMILES string of the molecule is NCC1(C(O)c2cccc(F)c2)CCCCCC1. The lowest BCUT2D eigenvalue weighted by atomic mass is 9.73. The minimum atomic E-state index is -0.656. The van der Waals surface area contributed by atoms with E-state index in [4.69, 9.17) is 5.73 Å². The van der Waals surface area contributed by atoms with Gasteiger partial charge in [-0.1, -0.05) is 37.8 Å². The van der Waals surface area contributed by atoms with Crippen LogP contribution in [-0.4, -0.2) is 11.7 Å². The zero-order chi connectivity index (χ0) is 13.0. The molecule has 2 nitrogen and oxygen atoms in total. The van der Waals surface area contributed by atoms with Crippen molar-refractivity contribution in [2.45, 2.75) is 44.6 Å². The van der Waals surface area contributed by atoms with Gasteiger partial charge in [0.2, 0.25) is 0 Å². The Kier molecular flexibility index (Phi) is 4.36. The predicted molar refractivity (Wildman–Crippen MR) is 70.5 cm³/mol. The molecule has 3 N–H and O–H groups in total. The van der Waals surface area contributed by atoms with E-state index in [1.54, 1.807) is 12.1 Å². The molecule has 100 valence electrons. The van der Waals surface area contributed by atoms with Gasteiger partial charge < -0.3 is 10.8 Å². The molecule has 0 heterocycles. The van der Waals surface area contributed by atoms with E-state index < -0.39 is 6.10 Å². The van der Waals surface area contributed by atoms with Gasteiger partial charge in [0, 0.05) is 12.0 Å². The molecule has 1 aromatic rings. The zero-order valence-corrected chi connectivity index (χ0v) is 10.7. The zero-order valence-electron chi connectivity index (χ0n) is 10.7. The summed E-state index contributed by atoms with van der Waals surface area (Å²) in [5, 5.41) is 10.6. The van der Waals surface area contributed by atoms with E-state index in [0.29, 0.717) is 12.1 Å². The highest BCUT2D eigenvalue weighted by molar-refractivity contribution is 5.21. The summed E-state index contributed by atoms with van der Waals surface area (Å²) in [4.78, 5) is 0. The van der Waals surface area contributed by atoms with E-state index in [-0.39, 0.29) is 11.2 Å². The fourth-order valence-corrected chi connectivity index (χ4v) is 3.05. The van der Waals surface area contributed by atoms with Gasteiger partial charge in [0.25, 0.3) is 0 Å². The van der Waals surface area contributed by atoms with Crippen molar-refractivity contribution in [2.24, 2.45) is 11.1 Å². The Hall–Kier alpha value is -0.930. The Balaban J connectivity index is 2.25. The standard InChI is InChI=1S/C15H22FNO/c16-13-7-5-6-12(10-13)14(18)15(11-17)8-3-1-2-4-9-15/h5-7,10,14,18H,1-4,8-9,11,17H2. The number of hydrogen-bond acceptors (Lipinski definition) is 2. The second-order valence-corrected chi connectivity index (χ2v) is 5.44.